The van der Waals surface area contributed by atoms with Crippen LogP contribution < -0.4 is 21.3 Å². The zero-order valence-corrected chi connectivity index (χ0v) is 20.5. The monoisotopic (exact) mass is 533 g/mol. The lowest BCUT2D eigenvalue weighted by Gasteiger charge is -2.14. The van der Waals surface area contributed by atoms with Crippen LogP contribution in [0.1, 0.15) is 22.5 Å². The van der Waals surface area contributed by atoms with Crippen molar-refractivity contribution in [1.82, 2.24) is 14.9 Å². The molecule has 0 unspecified atom stereocenters. The molecule has 3 rings (SSSR count). The lowest BCUT2D eigenvalue weighted by Crippen LogP contribution is -2.34. The minimum atomic E-state index is -3.83. The highest BCUT2D eigenvalue weighted by Crippen LogP contribution is 2.14. The van der Waals surface area contributed by atoms with Crippen molar-refractivity contribution in [3.8, 4) is 0 Å². The fourth-order valence-corrected chi connectivity index (χ4v) is 4.60. The number of amides is 1. The number of nitrogens with two attached hydrogens (primary N) is 1. The average molecular weight is 534 g/mol. The molecule has 174 valence electrons. The van der Waals surface area contributed by atoms with Gasteiger partial charge in [-0.05, 0) is 55.3 Å². The number of aryl methyl sites for hydroxylation is 2. The van der Waals surface area contributed by atoms with Gasteiger partial charge in [0.05, 0.1) is 5.75 Å². The van der Waals surface area contributed by atoms with E-state index in [1.165, 1.54) is 10.6 Å². The first-order valence-corrected chi connectivity index (χ1v) is 12.4. The molecular weight excluding hydrogens is 510 g/mol. The van der Waals surface area contributed by atoms with Crippen LogP contribution in [-0.2, 0) is 33.7 Å². The molecule has 0 aliphatic carbocycles. The van der Waals surface area contributed by atoms with Crippen LogP contribution in [0.5, 0.6) is 0 Å². The Hall–Kier alpha value is -3.18. The lowest BCUT2D eigenvalue weighted by atomic mass is 10.2. The van der Waals surface area contributed by atoms with Crippen LogP contribution in [0.25, 0.3) is 0 Å². The van der Waals surface area contributed by atoms with Crippen LogP contribution in [0.2, 0.25) is 0 Å². The average Bonchev–Trinajstić information content (AvgIpc) is 2.74. The van der Waals surface area contributed by atoms with Crippen molar-refractivity contribution in [1.29, 1.82) is 0 Å². The van der Waals surface area contributed by atoms with Crippen LogP contribution >= 0.6 is 15.9 Å². The van der Waals surface area contributed by atoms with E-state index in [2.05, 4.69) is 31.0 Å². The van der Waals surface area contributed by atoms with Gasteiger partial charge >= 0.3 is 0 Å². The normalized spacial score (nSPS) is 11.2. The van der Waals surface area contributed by atoms with Gasteiger partial charge in [0.1, 0.15) is 18.1 Å². The summed E-state index contributed by atoms with van der Waals surface area (Å²) >= 11 is 3.30. The minimum absolute atomic E-state index is 0.121. The molecule has 0 spiro atoms. The van der Waals surface area contributed by atoms with Crippen molar-refractivity contribution < 1.29 is 13.2 Å². The number of rotatable bonds is 8. The van der Waals surface area contributed by atoms with Gasteiger partial charge in [0, 0.05) is 22.4 Å². The highest BCUT2D eigenvalue weighted by molar-refractivity contribution is 9.10. The summed E-state index contributed by atoms with van der Waals surface area (Å²) in [6.07, 6.45) is 0. The molecular formula is C22H24BrN5O4S. The number of nitrogen functional groups attached to an aromatic ring is 1. The van der Waals surface area contributed by atoms with Crippen molar-refractivity contribution in [2.24, 2.45) is 0 Å². The van der Waals surface area contributed by atoms with Gasteiger partial charge in [0.25, 0.3) is 5.56 Å². The van der Waals surface area contributed by atoms with Crippen LogP contribution in [0.4, 0.5) is 11.5 Å². The lowest BCUT2D eigenvalue weighted by molar-refractivity contribution is -0.121. The predicted octanol–water partition coefficient (Wildman–Crippen LogP) is 2.46. The van der Waals surface area contributed by atoms with Crippen molar-refractivity contribution in [3.63, 3.8) is 0 Å². The zero-order valence-electron chi connectivity index (χ0n) is 18.1. The van der Waals surface area contributed by atoms with E-state index in [9.17, 15) is 18.0 Å². The second-order valence-electron chi connectivity index (χ2n) is 7.52. The topological polar surface area (TPSA) is 136 Å². The smallest absolute Gasteiger partial charge is 0.275 e. The number of aromatic nitrogens is 2. The number of nitrogens with one attached hydrogen (secondary N) is 2. The van der Waals surface area contributed by atoms with Gasteiger partial charge < -0.3 is 15.6 Å². The van der Waals surface area contributed by atoms with E-state index >= 15 is 0 Å². The SMILES string of the molecule is Cc1nc(N)ccc1CNC(=O)Cn1c(C)ccc(NS(=O)(=O)Cc2ccc(Br)cc2)c1=O. The second kappa shape index (κ2) is 10.2. The third-order valence-electron chi connectivity index (χ3n) is 4.92. The number of pyridine rings is 2. The molecule has 1 aromatic carbocycles. The van der Waals surface area contributed by atoms with Gasteiger partial charge in [-0.1, -0.05) is 34.1 Å². The first kappa shape index (κ1) is 24.5. The van der Waals surface area contributed by atoms with Gasteiger partial charge in [0.15, 0.2) is 0 Å². The number of anilines is 2. The molecule has 0 bridgehead atoms. The van der Waals surface area contributed by atoms with Gasteiger partial charge in [-0.15, -0.1) is 0 Å². The van der Waals surface area contributed by atoms with E-state index < -0.39 is 21.5 Å². The highest BCUT2D eigenvalue weighted by atomic mass is 79.9. The molecule has 2 aromatic heterocycles. The summed E-state index contributed by atoms with van der Waals surface area (Å²) in [6, 6.07) is 13.2. The van der Waals surface area contributed by atoms with E-state index in [0.717, 1.165) is 10.0 Å². The van der Waals surface area contributed by atoms with Crippen LogP contribution in [0.3, 0.4) is 0 Å². The summed E-state index contributed by atoms with van der Waals surface area (Å²) in [5, 5.41) is 2.75. The molecule has 11 heteroatoms. The Morgan fingerprint density at radius 3 is 2.45 bits per heavy atom. The second-order valence-corrected chi connectivity index (χ2v) is 10.2. The fraction of sp³-hybridized carbons (Fsp3) is 0.227. The number of benzene rings is 1. The molecule has 2 heterocycles. The van der Waals surface area contributed by atoms with E-state index in [0.29, 0.717) is 22.8 Å². The van der Waals surface area contributed by atoms with E-state index in [1.54, 1.807) is 56.3 Å². The molecule has 33 heavy (non-hydrogen) atoms. The number of hydrogen-bond donors (Lipinski definition) is 3. The van der Waals surface area contributed by atoms with E-state index in [1.807, 2.05) is 0 Å². The Morgan fingerprint density at radius 1 is 1.09 bits per heavy atom. The Morgan fingerprint density at radius 2 is 1.79 bits per heavy atom. The third-order valence-corrected chi connectivity index (χ3v) is 6.70. The molecule has 4 N–H and O–H groups in total. The largest absolute Gasteiger partial charge is 0.384 e. The number of halogens is 1. The summed E-state index contributed by atoms with van der Waals surface area (Å²) < 4.78 is 29.5. The Labute approximate surface area is 200 Å². The standard InChI is InChI=1S/C22H24BrN5O4S/c1-14-3-9-19(27-33(31,32)13-16-4-7-18(23)8-5-16)22(30)28(14)12-21(29)25-11-17-6-10-20(24)26-15(17)2/h3-10,27H,11-13H2,1-2H3,(H2,24,26)(H,25,29). The summed E-state index contributed by atoms with van der Waals surface area (Å²) in [7, 11) is -3.83. The fourth-order valence-electron chi connectivity index (χ4n) is 3.14. The molecule has 0 aliphatic rings. The van der Waals surface area contributed by atoms with Crippen molar-refractivity contribution in [3.05, 3.63) is 85.9 Å². The van der Waals surface area contributed by atoms with Crippen LogP contribution in [0, 0.1) is 13.8 Å². The maximum absolute atomic E-state index is 12.9. The van der Waals surface area contributed by atoms with Gasteiger partial charge in [-0.2, -0.15) is 0 Å². The maximum Gasteiger partial charge on any atom is 0.275 e. The minimum Gasteiger partial charge on any atom is -0.384 e. The van der Waals surface area contributed by atoms with Crippen molar-refractivity contribution in [2.45, 2.75) is 32.7 Å². The number of carbonyl (C=O) groups excluding carboxylic acids is 1. The van der Waals surface area contributed by atoms with Crippen molar-refractivity contribution in [2.75, 3.05) is 10.5 Å². The molecule has 0 aliphatic heterocycles. The van der Waals surface area contributed by atoms with Gasteiger partial charge in [-0.25, -0.2) is 13.4 Å². The van der Waals surface area contributed by atoms with Crippen LogP contribution in [0.15, 0.2) is 57.8 Å². The van der Waals surface area contributed by atoms with Crippen LogP contribution in [-0.4, -0.2) is 23.9 Å². The predicted molar refractivity (Wildman–Crippen MR) is 131 cm³/mol. The first-order chi connectivity index (χ1) is 15.5. The maximum atomic E-state index is 12.9. The van der Waals surface area contributed by atoms with Gasteiger partial charge in [0.2, 0.25) is 15.9 Å². The molecule has 0 saturated carbocycles. The molecule has 0 radical (unpaired) electrons. The van der Waals surface area contributed by atoms with E-state index in [4.69, 9.17) is 5.73 Å². The molecule has 0 fully saturated rings. The molecule has 1 amide bonds. The van der Waals surface area contributed by atoms with Crippen molar-refractivity contribution >= 4 is 43.4 Å². The zero-order chi connectivity index (χ0) is 24.2. The number of nitrogens with zero attached hydrogens (tertiary/aromatic N) is 2. The summed E-state index contributed by atoms with van der Waals surface area (Å²) in [5.74, 6) is -0.293. The Kier molecular flexibility index (Phi) is 7.54. The molecule has 0 saturated heterocycles. The molecule has 3 aromatic rings. The van der Waals surface area contributed by atoms with E-state index in [-0.39, 0.29) is 24.5 Å². The Balaban J connectivity index is 1.71. The highest BCUT2D eigenvalue weighted by Gasteiger charge is 2.17. The third kappa shape index (κ3) is 6.65. The summed E-state index contributed by atoms with van der Waals surface area (Å²) in [4.78, 5) is 29.5. The number of sulfonamides is 1. The quantitative estimate of drug-likeness (QED) is 0.406. The summed E-state index contributed by atoms with van der Waals surface area (Å²) in [6.45, 7) is 3.43. The molecule has 0 atom stereocenters. The first-order valence-electron chi connectivity index (χ1n) is 9.98. The number of hydrogen-bond acceptors (Lipinski definition) is 6. The number of carbonyl (C=O) groups is 1. The Bertz CT molecular complexity index is 1340. The van der Waals surface area contributed by atoms with Gasteiger partial charge in [-0.3, -0.25) is 14.3 Å². The molecule has 9 nitrogen and oxygen atoms in total. The summed E-state index contributed by atoms with van der Waals surface area (Å²) in [5.41, 5.74) is 7.52.